The molecule has 92 valence electrons. The van der Waals surface area contributed by atoms with E-state index in [-0.39, 0.29) is 0 Å². The van der Waals surface area contributed by atoms with E-state index in [1.165, 1.54) is 32.1 Å². The van der Waals surface area contributed by atoms with Crippen LogP contribution in [-0.2, 0) is 0 Å². The lowest BCUT2D eigenvalue weighted by atomic mass is 9.65. The second kappa shape index (κ2) is 3.25. The van der Waals surface area contributed by atoms with Crippen LogP contribution in [0.4, 0.5) is 0 Å². The van der Waals surface area contributed by atoms with Crippen LogP contribution < -0.4 is 0 Å². The average molecular weight is 222 g/mol. The minimum absolute atomic E-state index is 0.435. The SMILES string of the molecule is CC1(C)CCC[C@@]2(C)[C@@H]3CC[C@@H]([C@@H]31)[C@@H]2CO. The third kappa shape index (κ3) is 1.16. The fourth-order valence-corrected chi connectivity index (χ4v) is 5.92. The molecule has 0 radical (unpaired) electrons. The first kappa shape index (κ1) is 11.1. The van der Waals surface area contributed by atoms with Crippen molar-refractivity contribution in [3.05, 3.63) is 0 Å². The molecule has 3 rings (SSSR count). The molecule has 5 atom stereocenters. The van der Waals surface area contributed by atoms with Crippen molar-refractivity contribution in [2.24, 2.45) is 34.5 Å². The van der Waals surface area contributed by atoms with Crippen LogP contribution in [0.5, 0.6) is 0 Å². The van der Waals surface area contributed by atoms with Crippen LogP contribution in [0.3, 0.4) is 0 Å². The molecule has 0 spiro atoms. The molecule has 1 heteroatoms. The van der Waals surface area contributed by atoms with Gasteiger partial charge in [-0.1, -0.05) is 27.2 Å². The third-order valence-electron chi connectivity index (χ3n) is 6.55. The second-order valence-electron chi connectivity index (χ2n) is 7.51. The predicted octanol–water partition coefficient (Wildman–Crippen LogP) is 3.47. The maximum absolute atomic E-state index is 9.76. The highest BCUT2D eigenvalue weighted by molar-refractivity contribution is 5.12. The van der Waals surface area contributed by atoms with Crippen molar-refractivity contribution in [2.45, 2.75) is 52.9 Å². The van der Waals surface area contributed by atoms with Crippen molar-refractivity contribution in [2.75, 3.05) is 6.61 Å². The number of aliphatic hydroxyl groups is 1. The van der Waals surface area contributed by atoms with Gasteiger partial charge in [0.1, 0.15) is 0 Å². The summed E-state index contributed by atoms with van der Waals surface area (Å²) in [5.41, 5.74) is 0.990. The lowest BCUT2D eigenvalue weighted by Crippen LogP contribution is -2.35. The summed E-state index contributed by atoms with van der Waals surface area (Å²) >= 11 is 0. The van der Waals surface area contributed by atoms with Crippen LogP contribution >= 0.6 is 0 Å². The van der Waals surface area contributed by atoms with Crippen molar-refractivity contribution in [1.82, 2.24) is 0 Å². The highest BCUT2D eigenvalue weighted by atomic mass is 16.3. The molecule has 0 saturated heterocycles. The Bertz CT molecular complexity index is 296. The van der Waals surface area contributed by atoms with E-state index in [1.807, 2.05) is 0 Å². The van der Waals surface area contributed by atoms with E-state index in [0.717, 1.165) is 17.8 Å². The zero-order valence-electron chi connectivity index (χ0n) is 11.0. The van der Waals surface area contributed by atoms with Crippen LogP contribution in [0.1, 0.15) is 52.9 Å². The Labute approximate surface area is 99.6 Å². The van der Waals surface area contributed by atoms with Gasteiger partial charge in [-0.3, -0.25) is 0 Å². The van der Waals surface area contributed by atoms with Gasteiger partial charge < -0.3 is 5.11 Å². The Morgan fingerprint density at radius 3 is 2.56 bits per heavy atom. The van der Waals surface area contributed by atoms with Gasteiger partial charge in [0.05, 0.1) is 0 Å². The van der Waals surface area contributed by atoms with Crippen LogP contribution in [0.25, 0.3) is 0 Å². The van der Waals surface area contributed by atoms with E-state index < -0.39 is 0 Å². The van der Waals surface area contributed by atoms with E-state index in [4.69, 9.17) is 0 Å². The topological polar surface area (TPSA) is 20.2 Å². The normalized spacial score (nSPS) is 54.0. The van der Waals surface area contributed by atoms with Crippen molar-refractivity contribution in [3.8, 4) is 0 Å². The van der Waals surface area contributed by atoms with Crippen molar-refractivity contribution in [1.29, 1.82) is 0 Å². The van der Waals surface area contributed by atoms with Gasteiger partial charge in [0.15, 0.2) is 0 Å². The van der Waals surface area contributed by atoms with E-state index in [9.17, 15) is 5.11 Å². The molecule has 1 N–H and O–H groups in total. The molecule has 16 heavy (non-hydrogen) atoms. The quantitative estimate of drug-likeness (QED) is 0.720. The Morgan fingerprint density at radius 1 is 1.12 bits per heavy atom. The molecule has 0 unspecified atom stereocenters. The molecule has 0 aromatic carbocycles. The lowest BCUT2D eigenvalue weighted by Gasteiger charge is -2.40. The lowest BCUT2D eigenvalue weighted by molar-refractivity contribution is 0.0374. The molecule has 0 aromatic heterocycles. The van der Waals surface area contributed by atoms with Crippen LogP contribution in [0, 0.1) is 34.5 Å². The van der Waals surface area contributed by atoms with E-state index in [0.29, 0.717) is 23.4 Å². The fourth-order valence-electron chi connectivity index (χ4n) is 5.92. The van der Waals surface area contributed by atoms with Crippen LogP contribution in [0.2, 0.25) is 0 Å². The summed E-state index contributed by atoms with van der Waals surface area (Å²) in [6, 6.07) is 0. The summed E-state index contributed by atoms with van der Waals surface area (Å²) in [6.45, 7) is 7.87. The summed E-state index contributed by atoms with van der Waals surface area (Å²) < 4.78 is 0. The van der Waals surface area contributed by atoms with E-state index in [1.54, 1.807) is 0 Å². The van der Waals surface area contributed by atoms with E-state index >= 15 is 0 Å². The summed E-state index contributed by atoms with van der Waals surface area (Å²) in [4.78, 5) is 0. The van der Waals surface area contributed by atoms with Gasteiger partial charge in [-0.25, -0.2) is 0 Å². The molecular formula is C15H26O. The maximum Gasteiger partial charge on any atom is 0.0467 e. The van der Waals surface area contributed by atoms with Gasteiger partial charge in [0.25, 0.3) is 0 Å². The molecule has 0 heterocycles. The second-order valence-corrected chi connectivity index (χ2v) is 7.51. The Morgan fingerprint density at radius 2 is 1.88 bits per heavy atom. The van der Waals surface area contributed by atoms with Gasteiger partial charge in [-0.15, -0.1) is 0 Å². The number of hydrogen-bond donors (Lipinski definition) is 1. The fraction of sp³-hybridized carbons (Fsp3) is 1.00. The Balaban J connectivity index is 2.04. The minimum Gasteiger partial charge on any atom is -0.396 e. The Kier molecular flexibility index (Phi) is 2.25. The van der Waals surface area contributed by atoms with Crippen LogP contribution in [0.15, 0.2) is 0 Å². The first-order valence-electron chi connectivity index (χ1n) is 7.11. The summed E-state index contributed by atoms with van der Waals surface area (Å²) in [5, 5.41) is 9.76. The number of hydrogen-bond acceptors (Lipinski definition) is 1. The monoisotopic (exact) mass is 222 g/mol. The van der Waals surface area contributed by atoms with Gasteiger partial charge >= 0.3 is 0 Å². The largest absolute Gasteiger partial charge is 0.396 e. The van der Waals surface area contributed by atoms with Crippen molar-refractivity contribution in [3.63, 3.8) is 0 Å². The molecule has 4 bridgehead atoms. The zero-order chi connectivity index (χ0) is 11.6. The van der Waals surface area contributed by atoms with Crippen molar-refractivity contribution >= 4 is 0 Å². The molecule has 3 aliphatic rings. The predicted molar refractivity (Wildman–Crippen MR) is 66.0 cm³/mol. The van der Waals surface area contributed by atoms with Crippen molar-refractivity contribution < 1.29 is 5.11 Å². The first-order chi connectivity index (χ1) is 7.50. The molecule has 3 aliphatic carbocycles. The van der Waals surface area contributed by atoms with Crippen LogP contribution in [-0.4, -0.2) is 11.7 Å². The minimum atomic E-state index is 0.435. The molecule has 1 nitrogen and oxygen atoms in total. The number of rotatable bonds is 1. The molecule has 0 aromatic rings. The van der Waals surface area contributed by atoms with Gasteiger partial charge in [-0.05, 0) is 60.2 Å². The molecule has 3 saturated carbocycles. The third-order valence-corrected chi connectivity index (χ3v) is 6.55. The maximum atomic E-state index is 9.76. The standard InChI is InChI=1S/C15H26O/c1-14(2)7-4-8-15(3)11-6-5-10(13(11)14)12(15)9-16/h10-13,16H,4-9H2,1-3H3/t10-,11-,12+,13+,15+/m1/s1. The summed E-state index contributed by atoms with van der Waals surface area (Å²) in [7, 11) is 0. The number of aliphatic hydroxyl groups excluding tert-OH is 1. The highest BCUT2D eigenvalue weighted by Gasteiger charge is 2.64. The smallest absolute Gasteiger partial charge is 0.0467 e. The van der Waals surface area contributed by atoms with Gasteiger partial charge in [-0.2, -0.15) is 0 Å². The molecule has 3 fully saturated rings. The first-order valence-corrected chi connectivity index (χ1v) is 7.11. The zero-order valence-corrected chi connectivity index (χ0v) is 11.0. The van der Waals surface area contributed by atoms with E-state index in [2.05, 4.69) is 20.8 Å². The van der Waals surface area contributed by atoms with Gasteiger partial charge in [0.2, 0.25) is 0 Å². The Hall–Kier alpha value is -0.0400. The summed E-state index contributed by atoms with van der Waals surface area (Å²) in [5.74, 6) is 3.25. The average Bonchev–Trinajstić information content (AvgIpc) is 2.68. The molecule has 0 aliphatic heterocycles. The highest BCUT2D eigenvalue weighted by Crippen LogP contribution is 2.70. The summed E-state index contributed by atoms with van der Waals surface area (Å²) in [6.07, 6.45) is 6.96. The molecular weight excluding hydrogens is 196 g/mol. The van der Waals surface area contributed by atoms with Gasteiger partial charge in [0, 0.05) is 6.61 Å². The molecule has 0 amide bonds.